The maximum atomic E-state index is 11.7. The van der Waals surface area contributed by atoms with Crippen LogP contribution in [0.4, 0.5) is 11.5 Å². The molecular weight excluding hydrogens is 316 g/mol. The number of nitrogens with two attached hydrogens (primary N) is 1. The van der Waals surface area contributed by atoms with Crippen molar-refractivity contribution < 1.29 is 14.6 Å². The number of aliphatic hydroxyl groups is 1. The number of ether oxygens (including phenoxy) is 1. The summed E-state index contributed by atoms with van der Waals surface area (Å²) in [7, 11) is 0. The average molecular weight is 334 g/mol. The molecule has 0 bridgehead atoms. The number of carbonyl (C=O) groups is 1. The fourth-order valence-corrected chi connectivity index (χ4v) is 4.14. The largest absolute Gasteiger partial charge is 0.470 e. The zero-order chi connectivity index (χ0) is 16.1. The minimum atomic E-state index is -0.460. The Morgan fingerprint density at radius 1 is 1.52 bits per heavy atom. The van der Waals surface area contributed by atoms with Gasteiger partial charge in [-0.2, -0.15) is 0 Å². The van der Waals surface area contributed by atoms with Crippen molar-refractivity contribution in [1.29, 1.82) is 0 Å². The molecule has 122 valence electrons. The molecule has 1 atom stereocenters. The van der Waals surface area contributed by atoms with E-state index < -0.39 is 5.91 Å². The molecule has 1 amide bonds. The zero-order valence-electron chi connectivity index (χ0n) is 12.7. The van der Waals surface area contributed by atoms with E-state index in [0.29, 0.717) is 4.88 Å². The highest BCUT2D eigenvalue weighted by Crippen LogP contribution is 2.45. The maximum Gasteiger partial charge on any atom is 0.261 e. The monoisotopic (exact) mass is 334 g/mol. The van der Waals surface area contributed by atoms with Crippen LogP contribution in [0.15, 0.2) is 6.07 Å². The Kier molecular flexibility index (Phi) is 3.31. The lowest BCUT2D eigenvalue weighted by molar-refractivity contribution is 0.100. The van der Waals surface area contributed by atoms with E-state index in [-0.39, 0.29) is 12.3 Å². The molecule has 0 spiro atoms. The van der Waals surface area contributed by atoms with E-state index in [9.17, 15) is 9.90 Å². The number of hydrogen-bond donors (Lipinski definition) is 3. The van der Waals surface area contributed by atoms with Gasteiger partial charge in [0.2, 0.25) is 0 Å². The Bertz CT molecular complexity index is 783. The first-order valence-electron chi connectivity index (χ1n) is 7.66. The first-order chi connectivity index (χ1) is 11.0. The second-order valence-corrected chi connectivity index (χ2v) is 6.95. The smallest absolute Gasteiger partial charge is 0.261 e. The summed E-state index contributed by atoms with van der Waals surface area (Å²) in [6.07, 6.45) is 0.993. The van der Waals surface area contributed by atoms with Gasteiger partial charge in [-0.25, -0.2) is 4.98 Å². The lowest BCUT2D eigenvalue weighted by Crippen LogP contribution is -2.36. The number of aromatic nitrogens is 1. The standard InChI is InChI=1S/C15H18N4O3S/c1-7-17-12-11-9(22-7)6-10(19-4-2-8(20)3-5-19)18-15(11)23-13(12)14(16)21/h6-8,17,20H,2-5H2,1H3,(H2,16,21). The SMILES string of the molecule is CC1Nc2c(C(N)=O)sc3nc(N4CCC(O)CC4)cc(c23)O1. The molecule has 2 aliphatic rings. The molecule has 2 aromatic rings. The second-order valence-electron chi connectivity index (χ2n) is 5.95. The molecule has 0 radical (unpaired) electrons. The third-order valence-corrected chi connectivity index (χ3v) is 5.37. The fraction of sp³-hybridized carbons (Fsp3) is 0.467. The molecule has 2 aliphatic heterocycles. The summed E-state index contributed by atoms with van der Waals surface area (Å²) in [5, 5.41) is 13.6. The molecule has 0 aromatic carbocycles. The van der Waals surface area contributed by atoms with Gasteiger partial charge in [0.1, 0.15) is 21.3 Å². The summed E-state index contributed by atoms with van der Waals surface area (Å²) in [5.41, 5.74) is 6.22. The van der Waals surface area contributed by atoms with Gasteiger partial charge >= 0.3 is 0 Å². The maximum absolute atomic E-state index is 11.7. The number of primary amides is 1. The van der Waals surface area contributed by atoms with Crippen LogP contribution in [0.1, 0.15) is 29.4 Å². The molecule has 4 N–H and O–H groups in total. The van der Waals surface area contributed by atoms with Crippen molar-refractivity contribution in [3.8, 4) is 5.75 Å². The van der Waals surface area contributed by atoms with Gasteiger partial charge in [-0.15, -0.1) is 11.3 Å². The van der Waals surface area contributed by atoms with Gasteiger partial charge in [-0.1, -0.05) is 0 Å². The molecule has 4 heterocycles. The second kappa shape index (κ2) is 5.24. The summed E-state index contributed by atoms with van der Waals surface area (Å²) >= 11 is 1.29. The third kappa shape index (κ3) is 2.38. The van der Waals surface area contributed by atoms with E-state index in [0.717, 1.165) is 53.4 Å². The number of carbonyl (C=O) groups excluding carboxylic acids is 1. The number of piperidine rings is 1. The van der Waals surface area contributed by atoms with Crippen LogP contribution >= 0.6 is 11.3 Å². The van der Waals surface area contributed by atoms with E-state index in [1.54, 1.807) is 0 Å². The molecule has 2 aromatic heterocycles. The number of pyridine rings is 1. The van der Waals surface area contributed by atoms with E-state index in [1.807, 2.05) is 13.0 Å². The van der Waals surface area contributed by atoms with Crippen molar-refractivity contribution in [3.05, 3.63) is 10.9 Å². The summed E-state index contributed by atoms with van der Waals surface area (Å²) in [4.78, 5) is 19.8. The van der Waals surface area contributed by atoms with Gasteiger partial charge in [0.05, 0.1) is 17.2 Å². The first-order valence-corrected chi connectivity index (χ1v) is 8.48. The fourth-order valence-electron chi connectivity index (χ4n) is 3.14. The minimum absolute atomic E-state index is 0.233. The Morgan fingerprint density at radius 2 is 2.26 bits per heavy atom. The Hall–Kier alpha value is -2.06. The van der Waals surface area contributed by atoms with Crippen LogP contribution in [-0.4, -0.2) is 41.4 Å². The van der Waals surface area contributed by atoms with Crippen molar-refractivity contribution in [2.24, 2.45) is 5.73 Å². The summed E-state index contributed by atoms with van der Waals surface area (Å²) in [6, 6.07) is 1.92. The summed E-state index contributed by atoms with van der Waals surface area (Å²) < 4.78 is 5.88. The molecule has 1 unspecified atom stereocenters. The number of rotatable bonds is 2. The first kappa shape index (κ1) is 14.5. The molecule has 1 saturated heterocycles. The molecule has 23 heavy (non-hydrogen) atoms. The number of nitrogens with zero attached hydrogens (tertiary/aromatic N) is 2. The predicted octanol–water partition coefficient (Wildman–Crippen LogP) is 1.51. The number of anilines is 2. The summed E-state index contributed by atoms with van der Waals surface area (Å²) in [6.45, 7) is 3.40. The van der Waals surface area contributed by atoms with Crippen LogP contribution in [-0.2, 0) is 0 Å². The lowest BCUT2D eigenvalue weighted by Gasteiger charge is -2.31. The zero-order valence-corrected chi connectivity index (χ0v) is 13.5. The quantitative estimate of drug-likeness (QED) is 0.769. The molecule has 4 rings (SSSR count). The van der Waals surface area contributed by atoms with Crippen molar-refractivity contribution >= 4 is 39.0 Å². The Morgan fingerprint density at radius 3 is 2.96 bits per heavy atom. The van der Waals surface area contributed by atoms with Crippen LogP contribution < -0.4 is 20.7 Å². The van der Waals surface area contributed by atoms with Crippen LogP contribution in [0.25, 0.3) is 10.2 Å². The van der Waals surface area contributed by atoms with E-state index in [2.05, 4.69) is 10.2 Å². The average Bonchev–Trinajstić information content (AvgIpc) is 2.87. The highest BCUT2D eigenvalue weighted by molar-refractivity contribution is 7.21. The predicted molar refractivity (Wildman–Crippen MR) is 89.3 cm³/mol. The normalized spacial score (nSPS) is 21.1. The molecule has 0 saturated carbocycles. The van der Waals surface area contributed by atoms with Gasteiger partial charge in [0, 0.05) is 19.2 Å². The number of amides is 1. The molecular formula is C15H18N4O3S. The van der Waals surface area contributed by atoms with Crippen LogP contribution in [0, 0.1) is 0 Å². The lowest BCUT2D eigenvalue weighted by atomic mass is 10.1. The van der Waals surface area contributed by atoms with Gasteiger partial charge in [0.15, 0.2) is 6.23 Å². The van der Waals surface area contributed by atoms with E-state index in [1.165, 1.54) is 11.3 Å². The van der Waals surface area contributed by atoms with Crippen molar-refractivity contribution in [1.82, 2.24) is 4.98 Å². The number of hydrogen-bond acceptors (Lipinski definition) is 7. The van der Waals surface area contributed by atoms with Gasteiger partial charge < -0.3 is 25.8 Å². The Labute approximate surface area is 137 Å². The number of aliphatic hydroxyl groups excluding tert-OH is 1. The van der Waals surface area contributed by atoms with Crippen molar-refractivity contribution in [2.45, 2.75) is 32.1 Å². The van der Waals surface area contributed by atoms with E-state index in [4.69, 9.17) is 15.5 Å². The van der Waals surface area contributed by atoms with Crippen LogP contribution in [0.3, 0.4) is 0 Å². The third-order valence-electron chi connectivity index (χ3n) is 4.28. The molecule has 7 nitrogen and oxygen atoms in total. The number of nitrogens with one attached hydrogen (secondary N) is 1. The van der Waals surface area contributed by atoms with Gasteiger partial charge in [-0.05, 0) is 19.8 Å². The number of thiophene rings is 1. The van der Waals surface area contributed by atoms with E-state index >= 15 is 0 Å². The molecule has 8 heteroatoms. The highest BCUT2D eigenvalue weighted by Gasteiger charge is 2.28. The molecule has 0 aliphatic carbocycles. The van der Waals surface area contributed by atoms with Crippen molar-refractivity contribution in [3.63, 3.8) is 0 Å². The topological polar surface area (TPSA) is 101 Å². The highest BCUT2D eigenvalue weighted by atomic mass is 32.1. The van der Waals surface area contributed by atoms with Crippen LogP contribution in [0.2, 0.25) is 0 Å². The van der Waals surface area contributed by atoms with Gasteiger partial charge in [0.25, 0.3) is 5.91 Å². The Balaban J connectivity index is 1.83. The van der Waals surface area contributed by atoms with Crippen molar-refractivity contribution in [2.75, 3.05) is 23.3 Å². The van der Waals surface area contributed by atoms with Gasteiger partial charge in [-0.3, -0.25) is 4.79 Å². The molecule has 1 fully saturated rings. The summed E-state index contributed by atoms with van der Waals surface area (Å²) in [5.74, 6) is 1.08. The van der Waals surface area contributed by atoms with Crippen LogP contribution in [0.5, 0.6) is 5.75 Å². The minimum Gasteiger partial charge on any atom is -0.470 e.